The van der Waals surface area contributed by atoms with Gasteiger partial charge >= 0.3 is 12.6 Å². The van der Waals surface area contributed by atoms with Gasteiger partial charge in [0.05, 0.1) is 7.11 Å². The maximum atomic E-state index is 12.7. The Bertz CT molecular complexity index is 1000. The average molecular weight is 452 g/mol. The molecule has 1 aliphatic heterocycles. The summed E-state index contributed by atoms with van der Waals surface area (Å²) in [5.41, 5.74) is 3.81. The van der Waals surface area contributed by atoms with E-state index in [2.05, 4.69) is 15.6 Å². The number of fused-ring (bicyclic) bond motifs is 1. The molecule has 0 fully saturated rings. The van der Waals surface area contributed by atoms with E-state index in [1.54, 1.807) is 24.3 Å². The molecular formula is C20H18F2N2O8. The number of esters is 1. The molecule has 170 valence electrons. The van der Waals surface area contributed by atoms with Gasteiger partial charge in [-0.05, 0) is 24.3 Å². The van der Waals surface area contributed by atoms with Crippen LogP contribution in [0.3, 0.4) is 0 Å². The Hall–Kier alpha value is -4.09. The lowest BCUT2D eigenvalue weighted by Crippen LogP contribution is -2.51. The van der Waals surface area contributed by atoms with Crippen LogP contribution in [0.2, 0.25) is 0 Å². The molecule has 1 unspecified atom stereocenters. The van der Waals surface area contributed by atoms with Crippen LogP contribution in [0.25, 0.3) is 0 Å². The molecule has 32 heavy (non-hydrogen) atoms. The molecule has 0 aromatic heterocycles. The number of benzene rings is 2. The van der Waals surface area contributed by atoms with Gasteiger partial charge in [0.25, 0.3) is 11.8 Å². The van der Waals surface area contributed by atoms with Crippen LogP contribution in [-0.2, 0) is 14.3 Å². The normalized spacial score (nSPS) is 14.3. The van der Waals surface area contributed by atoms with Crippen molar-refractivity contribution in [1.29, 1.82) is 0 Å². The van der Waals surface area contributed by atoms with Gasteiger partial charge in [-0.2, -0.15) is 8.78 Å². The zero-order chi connectivity index (χ0) is 23.1. The molecule has 0 radical (unpaired) electrons. The molecule has 3 rings (SSSR count). The largest absolute Gasteiger partial charge is 0.493 e. The van der Waals surface area contributed by atoms with Crippen molar-refractivity contribution in [1.82, 2.24) is 10.9 Å². The number of hydrogen-bond acceptors (Lipinski definition) is 8. The summed E-state index contributed by atoms with van der Waals surface area (Å²) in [6.45, 7) is -4.10. The molecule has 2 N–H and O–H groups in total. The predicted molar refractivity (Wildman–Crippen MR) is 103 cm³/mol. The molecule has 1 atom stereocenters. The molecule has 10 nitrogen and oxygen atoms in total. The third-order valence-corrected chi connectivity index (χ3v) is 4.09. The van der Waals surface area contributed by atoms with Gasteiger partial charge in [0.2, 0.25) is 6.10 Å². The van der Waals surface area contributed by atoms with Gasteiger partial charge in [-0.1, -0.05) is 18.2 Å². The number of amides is 2. The maximum Gasteiger partial charge on any atom is 0.387 e. The van der Waals surface area contributed by atoms with Gasteiger partial charge in [-0.15, -0.1) is 0 Å². The number of nitrogens with one attached hydrogen (secondary N) is 2. The number of carbonyl (C=O) groups is 3. The second-order valence-electron chi connectivity index (χ2n) is 6.19. The molecule has 2 aromatic carbocycles. The first-order valence-electron chi connectivity index (χ1n) is 9.15. The molecule has 0 bridgehead atoms. The van der Waals surface area contributed by atoms with Crippen LogP contribution < -0.4 is 29.8 Å². The van der Waals surface area contributed by atoms with Crippen LogP contribution >= 0.6 is 0 Å². The Labute approximate surface area is 180 Å². The standard InChI is InChI=1S/C20H18F2N2O8/c1-28-14-8-4-5-11(17(14)32-20(21)22)19(27)30-10-16(25)23-24-18(26)15-9-29-12-6-2-3-7-13(12)31-15/h2-8,15,20H,9-10H2,1H3,(H,23,25)(H,24,26). The second kappa shape index (κ2) is 10.3. The zero-order valence-electron chi connectivity index (χ0n) is 16.6. The first-order valence-corrected chi connectivity index (χ1v) is 9.15. The second-order valence-corrected chi connectivity index (χ2v) is 6.19. The number of methoxy groups -OCH3 is 1. The van der Waals surface area contributed by atoms with Crippen molar-refractivity contribution in [3.63, 3.8) is 0 Å². The maximum absolute atomic E-state index is 12.7. The minimum Gasteiger partial charge on any atom is -0.493 e. The monoisotopic (exact) mass is 452 g/mol. The van der Waals surface area contributed by atoms with E-state index in [1.165, 1.54) is 25.3 Å². The fourth-order valence-electron chi connectivity index (χ4n) is 2.65. The lowest BCUT2D eigenvalue weighted by molar-refractivity contribution is -0.135. The molecule has 12 heteroatoms. The number of hydrogen-bond donors (Lipinski definition) is 2. The number of para-hydroxylation sites is 3. The first-order chi connectivity index (χ1) is 15.4. The van der Waals surface area contributed by atoms with E-state index < -0.39 is 42.9 Å². The average Bonchev–Trinajstić information content (AvgIpc) is 2.80. The van der Waals surface area contributed by atoms with Crippen LogP contribution in [0, 0.1) is 0 Å². The lowest BCUT2D eigenvalue weighted by Gasteiger charge is -2.25. The minimum atomic E-state index is -3.21. The third kappa shape index (κ3) is 5.53. The lowest BCUT2D eigenvalue weighted by atomic mass is 10.2. The summed E-state index contributed by atoms with van der Waals surface area (Å²) in [6.07, 6.45) is -1.02. The van der Waals surface area contributed by atoms with Gasteiger partial charge in [-0.25, -0.2) is 4.79 Å². The summed E-state index contributed by atoms with van der Waals surface area (Å²) in [5, 5.41) is 0. The Balaban J connectivity index is 1.50. The minimum absolute atomic E-state index is 0.0730. The van der Waals surface area contributed by atoms with Crippen molar-refractivity contribution in [3.8, 4) is 23.0 Å². The molecule has 2 aromatic rings. The highest BCUT2D eigenvalue weighted by Crippen LogP contribution is 2.33. The summed E-state index contributed by atoms with van der Waals surface area (Å²) in [7, 11) is 1.21. The molecule has 0 saturated heterocycles. The summed E-state index contributed by atoms with van der Waals surface area (Å²) in [4.78, 5) is 36.3. The van der Waals surface area contributed by atoms with Crippen molar-refractivity contribution in [2.45, 2.75) is 12.7 Å². The third-order valence-electron chi connectivity index (χ3n) is 4.09. The topological polar surface area (TPSA) is 121 Å². The van der Waals surface area contributed by atoms with E-state index in [9.17, 15) is 23.2 Å². The van der Waals surface area contributed by atoms with E-state index in [0.717, 1.165) is 0 Å². The van der Waals surface area contributed by atoms with E-state index >= 15 is 0 Å². The summed E-state index contributed by atoms with van der Waals surface area (Å²) in [5.74, 6) is -2.48. The van der Waals surface area contributed by atoms with Gasteiger partial charge < -0.3 is 23.7 Å². The highest BCUT2D eigenvalue weighted by Gasteiger charge is 2.28. The van der Waals surface area contributed by atoms with Gasteiger partial charge in [-0.3, -0.25) is 20.4 Å². The van der Waals surface area contributed by atoms with E-state index in [0.29, 0.717) is 11.5 Å². The number of carbonyl (C=O) groups excluding carboxylic acids is 3. The Morgan fingerprint density at radius 3 is 2.56 bits per heavy atom. The number of halogens is 2. The first kappa shape index (κ1) is 22.6. The fourth-order valence-corrected chi connectivity index (χ4v) is 2.65. The highest BCUT2D eigenvalue weighted by molar-refractivity contribution is 5.95. The molecule has 0 saturated carbocycles. The Morgan fingerprint density at radius 1 is 1.09 bits per heavy atom. The predicted octanol–water partition coefficient (Wildman–Crippen LogP) is 1.44. The van der Waals surface area contributed by atoms with Crippen LogP contribution in [-0.4, -0.2) is 50.8 Å². The molecule has 0 spiro atoms. The quantitative estimate of drug-likeness (QED) is 0.478. The summed E-state index contributed by atoms with van der Waals surface area (Å²) >= 11 is 0. The smallest absolute Gasteiger partial charge is 0.387 e. The number of ether oxygens (including phenoxy) is 5. The highest BCUT2D eigenvalue weighted by atomic mass is 19.3. The van der Waals surface area contributed by atoms with E-state index in [1.807, 2.05) is 0 Å². The van der Waals surface area contributed by atoms with Crippen molar-refractivity contribution in [2.24, 2.45) is 0 Å². The van der Waals surface area contributed by atoms with E-state index in [-0.39, 0.29) is 17.9 Å². The number of rotatable bonds is 7. The number of hydrazine groups is 1. The van der Waals surface area contributed by atoms with Crippen LogP contribution in [0.4, 0.5) is 8.78 Å². The number of alkyl halides is 2. The van der Waals surface area contributed by atoms with Gasteiger partial charge in [0.1, 0.15) is 12.2 Å². The summed E-state index contributed by atoms with van der Waals surface area (Å²) < 4.78 is 50.2. The molecule has 0 aliphatic carbocycles. The summed E-state index contributed by atoms with van der Waals surface area (Å²) in [6, 6.07) is 10.6. The zero-order valence-corrected chi connectivity index (χ0v) is 16.6. The van der Waals surface area contributed by atoms with Crippen LogP contribution in [0.5, 0.6) is 23.0 Å². The molecule has 1 heterocycles. The Morgan fingerprint density at radius 2 is 1.84 bits per heavy atom. The van der Waals surface area contributed by atoms with Crippen molar-refractivity contribution >= 4 is 17.8 Å². The molecule has 2 amide bonds. The van der Waals surface area contributed by atoms with Crippen molar-refractivity contribution in [2.75, 3.05) is 20.3 Å². The van der Waals surface area contributed by atoms with Gasteiger partial charge in [0.15, 0.2) is 29.6 Å². The van der Waals surface area contributed by atoms with Crippen molar-refractivity contribution < 1.29 is 46.8 Å². The van der Waals surface area contributed by atoms with Gasteiger partial charge in [0, 0.05) is 0 Å². The molecular weight excluding hydrogens is 434 g/mol. The SMILES string of the molecule is COc1cccc(C(=O)OCC(=O)NNC(=O)C2COc3ccccc3O2)c1OC(F)F. The van der Waals surface area contributed by atoms with Crippen molar-refractivity contribution in [3.05, 3.63) is 48.0 Å². The van der Waals surface area contributed by atoms with Crippen LogP contribution in [0.1, 0.15) is 10.4 Å². The fraction of sp³-hybridized carbons (Fsp3) is 0.250. The Kier molecular flexibility index (Phi) is 7.26. The molecule has 1 aliphatic rings. The van der Waals surface area contributed by atoms with Crippen LogP contribution in [0.15, 0.2) is 42.5 Å². The van der Waals surface area contributed by atoms with E-state index in [4.69, 9.17) is 18.9 Å².